The van der Waals surface area contributed by atoms with E-state index in [1.165, 1.54) is 28.4 Å². The van der Waals surface area contributed by atoms with Gasteiger partial charge in [0.1, 0.15) is 24.5 Å². The van der Waals surface area contributed by atoms with E-state index in [1.54, 1.807) is 35.2 Å². The predicted molar refractivity (Wildman–Crippen MR) is 200 cm³/mol. The number of methoxy groups -OCH3 is 5. The molecule has 11 nitrogen and oxygen atoms in total. The molecule has 1 amide bonds. The lowest BCUT2D eigenvalue weighted by atomic mass is 9.83. The van der Waals surface area contributed by atoms with Crippen LogP contribution >= 0.6 is 35.3 Å². The summed E-state index contributed by atoms with van der Waals surface area (Å²) in [6.45, 7) is 3.65. The molecule has 0 radical (unpaired) electrons. The fourth-order valence-corrected chi connectivity index (χ4v) is 11.4. The molecule has 3 aromatic carbocycles. The minimum Gasteiger partial charge on any atom is -0.497 e. The zero-order valence-corrected chi connectivity index (χ0v) is 31.6. The van der Waals surface area contributed by atoms with Gasteiger partial charge in [0, 0.05) is 21.6 Å². The molecule has 1 spiro atoms. The van der Waals surface area contributed by atoms with Crippen molar-refractivity contribution in [2.45, 2.75) is 23.5 Å². The van der Waals surface area contributed by atoms with Crippen LogP contribution in [0, 0.1) is 0 Å². The molecule has 14 heteroatoms. The van der Waals surface area contributed by atoms with E-state index < -0.39 is 33.5 Å². The number of benzene rings is 3. The number of fused-ring (bicyclic) bond motifs is 3. The highest BCUT2D eigenvalue weighted by atomic mass is 32.2. The molecule has 0 aliphatic carbocycles. The predicted octanol–water partition coefficient (Wildman–Crippen LogP) is 6.59. The van der Waals surface area contributed by atoms with Crippen LogP contribution in [0.5, 0.6) is 5.75 Å². The topological polar surface area (TPSA) is 135 Å². The molecule has 3 heterocycles. The van der Waals surface area contributed by atoms with Crippen LogP contribution in [0.25, 0.3) is 16.7 Å². The maximum absolute atomic E-state index is 14.8. The summed E-state index contributed by atoms with van der Waals surface area (Å²) in [5.41, 5.74) is 2.33. The number of amides is 1. The molecule has 0 unspecified atom stereocenters. The first-order valence-electron chi connectivity index (χ1n) is 15.7. The van der Waals surface area contributed by atoms with E-state index in [0.717, 1.165) is 53.5 Å². The number of ether oxygens (including phenoxy) is 5. The van der Waals surface area contributed by atoms with Gasteiger partial charge in [-0.05, 0) is 55.3 Å². The Bertz CT molecular complexity index is 2090. The third-order valence-electron chi connectivity index (χ3n) is 8.79. The van der Waals surface area contributed by atoms with Crippen molar-refractivity contribution in [1.82, 2.24) is 0 Å². The van der Waals surface area contributed by atoms with Crippen molar-refractivity contribution in [2.75, 3.05) is 40.4 Å². The largest absolute Gasteiger partial charge is 0.497 e. The fraction of sp³-hybridized carbons (Fsp3) is 0.237. The van der Waals surface area contributed by atoms with Crippen LogP contribution in [0.4, 0.5) is 5.69 Å². The molecule has 0 atom stereocenters. The number of hydrogen-bond acceptors (Lipinski definition) is 13. The zero-order valence-electron chi connectivity index (χ0n) is 29.2. The van der Waals surface area contributed by atoms with Gasteiger partial charge in [-0.2, -0.15) is 0 Å². The minimum atomic E-state index is -1.71. The van der Waals surface area contributed by atoms with Gasteiger partial charge in [-0.3, -0.25) is 9.69 Å². The van der Waals surface area contributed by atoms with Crippen LogP contribution < -0.4 is 9.64 Å². The number of rotatable bonds is 7. The van der Waals surface area contributed by atoms with Crippen molar-refractivity contribution in [3.05, 3.63) is 109 Å². The van der Waals surface area contributed by atoms with Crippen LogP contribution in [-0.4, -0.2) is 75.0 Å². The number of nitrogens with zero attached hydrogens (tertiary/aromatic N) is 1. The van der Waals surface area contributed by atoms with Gasteiger partial charge in [0.15, 0.2) is 0 Å². The number of carbonyl (C=O) groups excluding carboxylic acids is 5. The smallest absolute Gasteiger partial charge is 0.345 e. The van der Waals surface area contributed by atoms with Gasteiger partial charge in [0.05, 0.1) is 52.3 Å². The molecule has 0 bridgehead atoms. The lowest BCUT2D eigenvalue weighted by Gasteiger charge is -2.50. The summed E-state index contributed by atoms with van der Waals surface area (Å²) in [5.74, 6) is -3.37. The van der Waals surface area contributed by atoms with Gasteiger partial charge in [-0.25, -0.2) is 19.2 Å². The first-order chi connectivity index (χ1) is 24.9. The SMILES string of the molecule is COC(=O)C1=C(C(=O)OC)SC2(S1)C(C(=O)OC)=C(C(=O)OC)SC1=C2c2cc(OC)ccc2N(C(=O)c2ccc(-c3ccccc3)cc2)C1(C)C. The molecule has 6 rings (SSSR count). The summed E-state index contributed by atoms with van der Waals surface area (Å²) >= 11 is 2.68. The second-order valence-electron chi connectivity index (χ2n) is 12.0. The number of esters is 4. The first kappa shape index (κ1) is 36.9. The van der Waals surface area contributed by atoms with Crippen molar-refractivity contribution >= 4 is 76.3 Å². The van der Waals surface area contributed by atoms with Gasteiger partial charge in [0.2, 0.25) is 0 Å². The van der Waals surface area contributed by atoms with E-state index in [0.29, 0.717) is 33.0 Å². The zero-order chi connectivity index (χ0) is 37.5. The lowest BCUT2D eigenvalue weighted by Crippen LogP contribution is -2.53. The standard InChI is InChI=1S/C38H33NO10S3/c1-37(2)31-26(38(27(33(41)46-4)28(50-31)34(42)47-5)51-29(35(43)48-6)30(52-38)36(44)49-7)24-19-23(45-3)17-18-25(24)39(37)32(40)22-15-13-21(14-16-22)20-11-9-8-10-12-20/h8-19H,1-7H3. The number of hydrogen-bond donors (Lipinski definition) is 0. The highest BCUT2D eigenvalue weighted by Crippen LogP contribution is 2.71. The molecule has 3 aliphatic rings. The second kappa shape index (κ2) is 14.2. The molecule has 3 aliphatic heterocycles. The molecule has 0 N–H and O–H groups in total. The maximum Gasteiger partial charge on any atom is 0.345 e. The van der Waals surface area contributed by atoms with Crippen LogP contribution in [0.3, 0.4) is 0 Å². The first-order valence-corrected chi connectivity index (χ1v) is 18.1. The lowest BCUT2D eigenvalue weighted by molar-refractivity contribution is -0.138. The molecule has 268 valence electrons. The Hall–Kier alpha value is -4.92. The monoisotopic (exact) mass is 759 g/mol. The van der Waals surface area contributed by atoms with Crippen molar-refractivity contribution in [2.24, 2.45) is 0 Å². The summed E-state index contributed by atoms with van der Waals surface area (Å²) in [5, 5.41) is 0. The van der Waals surface area contributed by atoms with Gasteiger partial charge < -0.3 is 23.7 Å². The van der Waals surface area contributed by atoms with Crippen molar-refractivity contribution in [3.8, 4) is 16.9 Å². The summed E-state index contributed by atoms with van der Waals surface area (Å²) in [6, 6.07) is 22.2. The summed E-state index contributed by atoms with van der Waals surface area (Å²) in [6.07, 6.45) is 0. The molecule has 0 saturated heterocycles. The van der Waals surface area contributed by atoms with Gasteiger partial charge in [-0.15, -0.1) is 0 Å². The third-order valence-corrected chi connectivity index (χ3v) is 13.4. The summed E-state index contributed by atoms with van der Waals surface area (Å²) in [4.78, 5) is 70.6. The van der Waals surface area contributed by atoms with Gasteiger partial charge in [-0.1, -0.05) is 77.8 Å². The Morgan fingerprint density at radius 1 is 0.635 bits per heavy atom. The van der Waals surface area contributed by atoms with Crippen LogP contribution in [0.1, 0.15) is 29.8 Å². The van der Waals surface area contributed by atoms with Gasteiger partial charge in [0.25, 0.3) is 5.91 Å². The van der Waals surface area contributed by atoms with E-state index in [9.17, 15) is 24.0 Å². The Morgan fingerprint density at radius 3 is 1.71 bits per heavy atom. The highest BCUT2D eigenvalue weighted by Gasteiger charge is 2.62. The Kier molecular flexibility index (Phi) is 10.1. The van der Waals surface area contributed by atoms with E-state index in [2.05, 4.69) is 0 Å². The minimum absolute atomic E-state index is 0.136. The third kappa shape index (κ3) is 5.88. The number of thioether (sulfide) groups is 3. The van der Waals surface area contributed by atoms with Crippen LogP contribution in [0.15, 0.2) is 98.0 Å². The Balaban J connectivity index is 1.63. The number of carbonyl (C=O) groups is 5. The quantitative estimate of drug-likeness (QED) is 0.190. The van der Waals surface area contributed by atoms with E-state index in [4.69, 9.17) is 23.7 Å². The summed E-state index contributed by atoms with van der Waals surface area (Å²) < 4.78 is 24.5. The van der Waals surface area contributed by atoms with E-state index >= 15 is 0 Å². The molecule has 0 saturated carbocycles. The average Bonchev–Trinajstić information content (AvgIpc) is 3.56. The van der Waals surface area contributed by atoms with Crippen molar-refractivity contribution in [3.63, 3.8) is 0 Å². The molecular weight excluding hydrogens is 727 g/mol. The van der Waals surface area contributed by atoms with E-state index in [1.807, 2.05) is 56.3 Å². The highest BCUT2D eigenvalue weighted by molar-refractivity contribution is 8.26. The van der Waals surface area contributed by atoms with Crippen molar-refractivity contribution < 1.29 is 47.7 Å². The van der Waals surface area contributed by atoms with Crippen LogP contribution in [0.2, 0.25) is 0 Å². The fourth-order valence-electron chi connectivity index (χ4n) is 6.35. The molecular formula is C38H33NO10S3. The van der Waals surface area contributed by atoms with E-state index in [-0.39, 0.29) is 26.2 Å². The molecule has 3 aromatic rings. The Labute approximate surface area is 312 Å². The van der Waals surface area contributed by atoms with Crippen molar-refractivity contribution in [1.29, 1.82) is 0 Å². The van der Waals surface area contributed by atoms with Crippen LogP contribution in [-0.2, 0) is 38.1 Å². The molecule has 52 heavy (non-hydrogen) atoms. The second-order valence-corrected chi connectivity index (χ2v) is 15.7. The van der Waals surface area contributed by atoms with Gasteiger partial charge >= 0.3 is 23.9 Å². The number of anilines is 1. The molecule has 0 aromatic heterocycles. The summed E-state index contributed by atoms with van der Waals surface area (Å²) in [7, 11) is 6.16. The Morgan fingerprint density at radius 2 is 1.17 bits per heavy atom. The molecule has 0 fully saturated rings. The normalized spacial score (nSPS) is 16.9. The maximum atomic E-state index is 14.8. The average molecular weight is 760 g/mol.